The monoisotopic (exact) mass is 317 g/mol. The van der Waals surface area contributed by atoms with Crippen molar-refractivity contribution in [3.63, 3.8) is 0 Å². The van der Waals surface area contributed by atoms with Gasteiger partial charge in [-0.1, -0.05) is 40.2 Å². The first kappa shape index (κ1) is 12.5. The summed E-state index contributed by atoms with van der Waals surface area (Å²) in [6.45, 7) is 1.81. The van der Waals surface area contributed by atoms with Crippen LogP contribution in [-0.2, 0) is 13.0 Å². The number of nitrogens with zero attached hydrogens (tertiary/aromatic N) is 1. The Labute approximate surface area is 121 Å². The molecule has 0 atom stereocenters. The Morgan fingerprint density at radius 1 is 1.16 bits per heavy atom. The summed E-state index contributed by atoms with van der Waals surface area (Å²) < 4.78 is 0.910. The average Bonchev–Trinajstić information content (AvgIpc) is 2.42. The van der Waals surface area contributed by atoms with Gasteiger partial charge in [0.1, 0.15) is 5.75 Å². The van der Waals surface area contributed by atoms with E-state index in [1.165, 1.54) is 17.7 Å². The van der Waals surface area contributed by atoms with Crippen LogP contribution in [0.1, 0.15) is 17.5 Å². The quantitative estimate of drug-likeness (QED) is 0.901. The standard InChI is InChI=1S/C16H16BrNO/c17-14-8-7-13(16(19)10-14)11-18-9-3-5-12-4-1-2-6-15(12)18/h1-2,4,6-8,10,19H,3,5,9,11H2. The molecule has 19 heavy (non-hydrogen) atoms. The van der Waals surface area contributed by atoms with E-state index in [1.807, 2.05) is 12.1 Å². The van der Waals surface area contributed by atoms with Crippen molar-refractivity contribution in [2.75, 3.05) is 11.4 Å². The van der Waals surface area contributed by atoms with Gasteiger partial charge in [0, 0.05) is 28.8 Å². The molecule has 3 rings (SSSR count). The van der Waals surface area contributed by atoms with Gasteiger partial charge in [-0.15, -0.1) is 0 Å². The zero-order valence-corrected chi connectivity index (χ0v) is 12.2. The number of para-hydroxylation sites is 1. The van der Waals surface area contributed by atoms with Crippen LogP contribution in [0.4, 0.5) is 5.69 Å². The van der Waals surface area contributed by atoms with Gasteiger partial charge in [-0.05, 0) is 36.6 Å². The van der Waals surface area contributed by atoms with E-state index in [1.54, 1.807) is 6.07 Å². The molecule has 0 amide bonds. The number of phenols is 1. The molecule has 0 radical (unpaired) electrons. The number of benzene rings is 2. The smallest absolute Gasteiger partial charge is 0.121 e. The molecule has 0 saturated carbocycles. The highest BCUT2D eigenvalue weighted by Crippen LogP contribution is 2.30. The molecular weight excluding hydrogens is 302 g/mol. The third-order valence-electron chi connectivity index (χ3n) is 3.61. The maximum absolute atomic E-state index is 10.0. The summed E-state index contributed by atoms with van der Waals surface area (Å²) in [7, 11) is 0. The lowest BCUT2D eigenvalue weighted by Crippen LogP contribution is -2.28. The van der Waals surface area contributed by atoms with Gasteiger partial charge in [0.05, 0.1) is 0 Å². The number of halogens is 1. The molecule has 0 bridgehead atoms. The van der Waals surface area contributed by atoms with Crippen molar-refractivity contribution >= 4 is 21.6 Å². The Hall–Kier alpha value is -1.48. The molecule has 0 aliphatic carbocycles. The second-order valence-electron chi connectivity index (χ2n) is 4.93. The lowest BCUT2D eigenvalue weighted by molar-refractivity contribution is 0.466. The second kappa shape index (κ2) is 5.25. The highest BCUT2D eigenvalue weighted by molar-refractivity contribution is 9.10. The van der Waals surface area contributed by atoms with Crippen LogP contribution in [0.2, 0.25) is 0 Å². The minimum Gasteiger partial charge on any atom is -0.508 e. The van der Waals surface area contributed by atoms with Gasteiger partial charge in [-0.25, -0.2) is 0 Å². The molecule has 98 valence electrons. The Morgan fingerprint density at radius 2 is 2.00 bits per heavy atom. The lowest BCUT2D eigenvalue weighted by atomic mass is 10.0. The zero-order chi connectivity index (χ0) is 13.2. The minimum absolute atomic E-state index is 0.359. The average molecular weight is 318 g/mol. The molecular formula is C16H16BrNO. The minimum atomic E-state index is 0.359. The maximum Gasteiger partial charge on any atom is 0.121 e. The molecule has 1 aliphatic rings. The third-order valence-corrected chi connectivity index (χ3v) is 4.11. The predicted octanol–water partition coefficient (Wildman–Crippen LogP) is 4.11. The molecule has 2 nitrogen and oxygen atoms in total. The van der Waals surface area contributed by atoms with E-state index in [0.717, 1.165) is 29.5 Å². The Morgan fingerprint density at radius 3 is 2.84 bits per heavy atom. The SMILES string of the molecule is Oc1cc(Br)ccc1CN1CCCc2ccccc21. The van der Waals surface area contributed by atoms with Gasteiger partial charge in [0.2, 0.25) is 0 Å². The van der Waals surface area contributed by atoms with Crippen LogP contribution in [-0.4, -0.2) is 11.7 Å². The largest absolute Gasteiger partial charge is 0.508 e. The summed E-state index contributed by atoms with van der Waals surface area (Å²) in [5.41, 5.74) is 3.68. The van der Waals surface area contributed by atoms with E-state index in [-0.39, 0.29) is 0 Å². The molecule has 1 heterocycles. The van der Waals surface area contributed by atoms with Gasteiger partial charge in [0.25, 0.3) is 0 Å². The summed E-state index contributed by atoms with van der Waals surface area (Å²) in [5, 5.41) is 10.0. The van der Waals surface area contributed by atoms with E-state index in [2.05, 4.69) is 45.1 Å². The molecule has 1 aliphatic heterocycles. The third kappa shape index (κ3) is 2.61. The molecule has 1 N–H and O–H groups in total. The van der Waals surface area contributed by atoms with Gasteiger partial charge >= 0.3 is 0 Å². The van der Waals surface area contributed by atoms with Crippen LogP contribution >= 0.6 is 15.9 Å². The first-order valence-electron chi connectivity index (χ1n) is 6.54. The topological polar surface area (TPSA) is 23.5 Å². The predicted molar refractivity (Wildman–Crippen MR) is 81.6 cm³/mol. The number of aromatic hydroxyl groups is 1. The molecule has 0 unspecified atom stereocenters. The van der Waals surface area contributed by atoms with Crippen LogP contribution in [0.3, 0.4) is 0 Å². The molecule has 2 aromatic carbocycles. The van der Waals surface area contributed by atoms with E-state index in [9.17, 15) is 5.11 Å². The van der Waals surface area contributed by atoms with Gasteiger partial charge in [-0.3, -0.25) is 0 Å². The van der Waals surface area contributed by atoms with Crippen LogP contribution in [0, 0.1) is 0 Å². The van der Waals surface area contributed by atoms with Crippen molar-refractivity contribution in [2.24, 2.45) is 0 Å². The fourth-order valence-corrected chi connectivity index (χ4v) is 3.00. The van der Waals surface area contributed by atoms with Crippen LogP contribution in [0.15, 0.2) is 46.9 Å². The van der Waals surface area contributed by atoms with Crippen LogP contribution in [0.5, 0.6) is 5.75 Å². The Balaban J connectivity index is 1.88. The summed E-state index contributed by atoms with van der Waals surface area (Å²) in [4.78, 5) is 2.35. The number of hydrogen-bond acceptors (Lipinski definition) is 2. The highest BCUT2D eigenvalue weighted by atomic mass is 79.9. The summed E-state index contributed by atoms with van der Waals surface area (Å²) in [6.07, 6.45) is 2.33. The lowest BCUT2D eigenvalue weighted by Gasteiger charge is -2.31. The molecule has 0 saturated heterocycles. The first-order chi connectivity index (χ1) is 9.24. The molecule has 0 fully saturated rings. The summed E-state index contributed by atoms with van der Waals surface area (Å²) >= 11 is 3.37. The van der Waals surface area contributed by atoms with Crippen molar-refractivity contribution in [3.05, 3.63) is 58.1 Å². The van der Waals surface area contributed by atoms with E-state index < -0.39 is 0 Å². The number of anilines is 1. The number of aryl methyl sites for hydroxylation is 1. The highest BCUT2D eigenvalue weighted by Gasteiger charge is 2.17. The van der Waals surface area contributed by atoms with Gasteiger partial charge in [-0.2, -0.15) is 0 Å². The molecule has 0 aromatic heterocycles. The van der Waals surface area contributed by atoms with Crippen molar-refractivity contribution in [2.45, 2.75) is 19.4 Å². The van der Waals surface area contributed by atoms with Crippen molar-refractivity contribution in [3.8, 4) is 5.75 Å². The number of fused-ring (bicyclic) bond motifs is 1. The molecule has 0 spiro atoms. The number of phenolic OH excluding ortho intramolecular Hbond substituents is 1. The zero-order valence-electron chi connectivity index (χ0n) is 10.6. The maximum atomic E-state index is 10.0. The summed E-state index contributed by atoms with van der Waals surface area (Å²) in [6, 6.07) is 14.3. The van der Waals surface area contributed by atoms with Crippen LogP contribution < -0.4 is 4.90 Å². The Bertz CT molecular complexity index is 597. The number of hydrogen-bond donors (Lipinski definition) is 1. The van der Waals surface area contributed by atoms with Gasteiger partial charge in [0.15, 0.2) is 0 Å². The summed E-state index contributed by atoms with van der Waals surface area (Å²) in [5.74, 6) is 0.359. The van der Waals surface area contributed by atoms with Crippen LogP contribution in [0.25, 0.3) is 0 Å². The van der Waals surface area contributed by atoms with Crippen molar-refractivity contribution < 1.29 is 5.11 Å². The van der Waals surface area contributed by atoms with E-state index in [0.29, 0.717) is 5.75 Å². The fraction of sp³-hybridized carbons (Fsp3) is 0.250. The fourth-order valence-electron chi connectivity index (χ4n) is 2.65. The Kier molecular flexibility index (Phi) is 3.47. The van der Waals surface area contributed by atoms with Crippen molar-refractivity contribution in [1.82, 2.24) is 0 Å². The molecule has 3 heteroatoms. The van der Waals surface area contributed by atoms with E-state index >= 15 is 0 Å². The van der Waals surface area contributed by atoms with E-state index in [4.69, 9.17) is 0 Å². The normalized spacial score (nSPS) is 14.3. The number of rotatable bonds is 2. The second-order valence-corrected chi connectivity index (χ2v) is 5.84. The van der Waals surface area contributed by atoms with Gasteiger partial charge < -0.3 is 10.0 Å². The van der Waals surface area contributed by atoms with Crippen molar-refractivity contribution in [1.29, 1.82) is 0 Å². The first-order valence-corrected chi connectivity index (χ1v) is 7.33. The molecule has 2 aromatic rings.